The summed E-state index contributed by atoms with van der Waals surface area (Å²) >= 11 is 7.91. The zero-order valence-corrected chi connectivity index (χ0v) is 24.0. The lowest BCUT2D eigenvalue weighted by Gasteiger charge is -2.18. The third-order valence-electron chi connectivity index (χ3n) is 6.03. The fourth-order valence-corrected chi connectivity index (χ4v) is 6.52. The average molecular weight is 549 g/mol. The summed E-state index contributed by atoms with van der Waals surface area (Å²) in [6.07, 6.45) is 6.19. The van der Waals surface area contributed by atoms with Crippen molar-refractivity contribution in [2.45, 2.75) is 83.2 Å². The molecule has 1 N–H and O–H groups in total. The Morgan fingerprint density at radius 2 is 1.78 bits per heavy atom. The Morgan fingerprint density at radius 1 is 1.03 bits per heavy atom. The second-order valence-electron chi connectivity index (χ2n) is 9.31. The minimum atomic E-state index is -3.45. The quantitative estimate of drug-likeness (QED) is 0.171. The van der Waals surface area contributed by atoms with Crippen molar-refractivity contribution in [2.24, 2.45) is 0 Å². The van der Waals surface area contributed by atoms with Gasteiger partial charge in [-0.05, 0) is 50.5 Å². The van der Waals surface area contributed by atoms with E-state index in [-0.39, 0.29) is 5.75 Å². The molecule has 1 atom stereocenters. The predicted octanol–water partition coefficient (Wildman–Crippen LogP) is 7.17. The molecule has 6 nitrogen and oxygen atoms in total. The van der Waals surface area contributed by atoms with E-state index in [2.05, 4.69) is 47.0 Å². The van der Waals surface area contributed by atoms with Gasteiger partial charge >= 0.3 is 0 Å². The van der Waals surface area contributed by atoms with Gasteiger partial charge in [-0.3, -0.25) is 4.57 Å². The lowest BCUT2D eigenvalue weighted by atomic mass is 10.1. The zero-order valence-electron chi connectivity index (χ0n) is 21.6. The molecule has 0 aliphatic carbocycles. The molecule has 0 saturated heterocycles. The van der Waals surface area contributed by atoms with Crippen molar-refractivity contribution in [1.29, 1.82) is 0 Å². The van der Waals surface area contributed by atoms with Gasteiger partial charge in [-0.1, -0.05) is 98.3 Å². The topological polar surface area (TPSA) is 76.9 Å². The molecular formula is C27H37ClN4O2S2. The van der Waals surface area contributed by atoms with Crippen LogP contribution in [-0.2, 0) is 15.8 Å². The number of hydrogen-bond donors (Lipinski definition) is 1. The highest BCUT2D eigenvalue weighted by Crippen LogP contribution is 2.30. The molecule has 0 aliphatic heterocycles. The van der Waals surface area contributed by atoms with E-state index in [1.807, 2.05) is 42.7 Å². The van der Waals surface area contributed by atoms with Crippen LogP contribution in [0.5, 0.6) is 0 Å². The van der Waals surface area contributed by atoms with Crippen molar-refractivity contribution >= 4 is 33.4 Å². The lowest BCUT2D eigenvalue weighted by Crippen LogP contribution is -2.30. The SMILES string of the molecule is CCCCCCCCS(=O)(=O)NC(C)c1nnc(SCc2cccc(C)c2)n1-c1cc(Cl)ccc1C. The highest BCUT2D eigenvalue weighted by molar-refractivity contribution is 7.98. The molecule has 1 aromatic heterocycles. The van der Waals surface area contributed by atoms with E-state index in [0.717, 1.165) is 36.3 Å². The monoisotopic (exact) mass is 548 g/mol. The van der Waals surface area contributed by atoms with Gasteiger partial charge in [0, 0.05) is 10.8 Å². The number of aromatic nitrogens is 3. The molecule has 0 aliphatic rings. The van der Waals surface area contributed by atoms with Gasteiger partial charge in [0.1, 0.15) is 0 Å². The number of rotatable bonds is 14. The summed E-state index contributed by atoms with van der Waals surface area (Å²) in [6, 6.07) is 13.5. The third kappa shape index (κ3) is 8.33. The molecular weight excluding hydrogens is 512 g/mol. The van der Waals surface area contributed by atoms with Crippen molar-refractivity contribution in [1.82, 2.24) is 19.5 Å². The summed E-state index contributed by atoms with van der Waals surface area (Å²) in [7, 11) is -3.45. The largest absolute Gasteiger partial charge is 0.272 e. The van der Waals surface area contributed by atoms with Crippen LogP contribution >= 0.6 is 23.4 Å². The highest BCUT2D eigenvalue weighted by atomic mass is 35.5. The number of benzene rings is 2. The summed E-state index contributed by atoms with van der Waals surface area (Å²) in [6.45, 7) is 8.06. The van der Waals surface area contributed by atoms with Crippen LogP contribution in [0.15, 0.2) is 47.6 Å². The highest BCUT2D eigenvalue weighted by Gasteiger charge is 2.24. The van der Waals surface area contributed by atoms with E-state index in [9.17, 15) is 8.42 Å². The number of nitrogens with one attached hydrogen (secondary N) is 1. The van der Waals surface area contributed by atoms with Gasteiger partial charge < -0.3 is 0 Å². The first-order valence-corrected chi connectivity index (χ1v) is 15.6. The van der Waals surface area contributed by atoms with Crippen LogP contribution in [0.2, 0.25) is 5.02 Å². The van der Waals surface area contributed by atoms with E-state index in [1.165, 1.54) is 24.0 Å². The number of unbranched alkanes of at least 4 members (excludes halogenated alkanes) is 5. The van der Waals surface area contributed by atoms with Gasteiger partial charge in [0.15, 0.2) is 11.0 Å². The van der Waals surface area contributed by atoms with E-state index in [4.69, 9.17) is 11.6 Å². The van der Waals surface area contributed by atoms with Crippen molar-refractivity contribution < 1.29 is 8.42 Å². The van der Waals surface area contributed by atoms with Crippen LogP contribution in [0.3, 0.4) is 0 Å². The molecule has 36 heavy (non-hydrogen) atoms. The van der Waals surface area contributed by atoms with Crippen molar-refractivity contribution in [2.75, 3.05) is 5.75 Å². The molecule has 0 amide bonds. The normalized spacial score (nSPS) is 12.7. The number of aryl methyl sites for hydroxylation is 2. The molecule has 2 aromatic carbocycles. The molecule has 0 fully saturated rings. The Bertz CT molecular complexity index is 1240. The van der Waals surface area contributed by atoms with Crippen LogP contribution in [-0.4, -0.2) is 28.9 Å². The molecule has 9 heteroatoms. The molecule has 1 unspecified atom stereocenters. The maximum atomic E-state index is 12.8. The second-order valence-corrected chi connectivity index (χ2v) is 12.6. The van der Waals surface area contributed by atoms with Crippen LogP contribution in [0, 0.1) is 13.8 Å². The number of sulfonamides is 1. The smallest absolute Gasteiger partial charge is 0.212 e. The molecule has 3 rings (SSSR count). The average Bonchev–Trinajstić information content (AvgIpc) is 3.25. The first-order chi connectivity index (χ1) is 17.2. The Kier molecular flexibility index (Phi) is 10.8. The van der Waals surface area contributed by atoms with Crippen LogP contribution in [0.25, 0.3) is 5.69 Å². The molecule has 3 aromatic rings. The molecule has 0 saturated carbocycles. The van der Waals surface area contributed by atoms with Gasteiger partial charge in [0.25, 0.3) is 0 Å². The van der Waals surface area contributed by atoms with Crippen molar-refractivity contribution in [3.8, 4) is 5.69 Å². The minimum Gasteiger partial charge on any atom is -0.272 e. The van der Waals surface area contributed by atoms with E-state index in [0.29, 0.717) is 22.4 Å². The Labute approximate surface area is 225 Å². The lowest BCUT2D eigenvalue weighted by molar-refractivity contribution is 0.549. The summed E-state index contributed by atoms with van der Waals surface area (Å²) in [5.41, 5.74) is 4.23. The predicted molar refractivity (Wildman–Crippen MR) is 151 cm³/mol. The Hall–Kier alpha value is -1.87. The van der Waals surface area contributed by atoms with Crippen LogP contribution < -0.4 is 4.72 Å². The summed E-state index contributed by atoms with van der Waals surface area (Å²) in [4.78, 5) is 0. The maximum Gasteiger partial charge on any atom is 0.212 e. The van der Waals surface area contributed by atoms with Crippen molar-refractivity contribution in [3.05, 3.63) is 70.0 Å². The van der Waals surface area contributed by atoms with Gasteiger partial charge in [0.2, 0.25) is 10.0 Å². The Balaban J connectivity index is 1.81. The van der Waals surface area contributed by atoms with Crippen molar-refractivity contribution in [3.63, 3.8) is 0 Å². The van der Waals surface area contributed by atoms with Crippen LogP contribution in [0.4, 0.5) is 0 Å². The number of nitrogens with zero attached hydrogens (tertiary/aromatic N) is 3. The second kappa shape index (κ2) is 13.6. The fourth-order valence-electron chi connectivity index (χ4n) is 4.11. The van der Waals surface area contributed by atoms with E-state index in [1.54, 1.807) is 11.8 Å². The fraction of sp³-hybridized carbons (Fsp3) is 0.481. The summed E-state index contributed by atoms with van der Waals surface area (Å²) < 4.78 is 30.4. The molecule has 196 valence electrons. The van der Waals surface area contributed by atoms with Gasteiger partial charge in [-0.25, -0.2) is 13.1 Å². The van der Waals surface area contributed by atoms with Gasteiger partial charge in [-0.2, -0.15) is 0 Å². The van der Waals surface area contributed by atoms with Gasteiger partial charge in [-0.15, -0.1) is 10.2 Å². The maximum absolute atomic E-state index is 12.8. The summed E-state index contributed by atoms with van der Waals surface area (Å²) in [5, 5.41) is 10.2. The minimum absolute atomic E-state index is 0.114. The molecule has 0 spiro atoms. The van der Waals surface area contributed by atoms with Crippen LogP contribution in [0.1, 0.15) is 80.9 Å². The number of halogens is 1. The molecule has 1 heterocycles. The van der Waals surface area contributed by atoms with E-state index >= 15 is 0 Å². The number of hydrogen-bond acceptors (Lipinski definition) is 5. The Morgan fingerprint density at radius 3 is 2.53 bits per heavy atom. The first kappa shape index (κ1) is 28.7. The molecule has 0 radical (unpaired) electrons. The summed E-state index contributed by atoms with van der Waals surface area (Å²) in [5.74, 6) is 1.37. The number of thioether (sulfide) groups is 1. The first-order valence-electron chi connectivity index (χ1n) is 12.6. The third-order valence-corrected chi connectivity index (χ3v) is 8.81. The van der Waals surface area contributed by atoms with Gasteiger partial charge in [0.05, 0.1) is 17.5 Å². The molecule has 0 bridgehead atoms. The standard InChI is InChI=1S/C27H37ClN4O2S2/c1-5-6-7-8-9-10-16-36(33,34)31-22(4)26-29-30-27(35-19-23-13-11-12-20(2)17-23)32(26)25-18-24(28)15-14-21(25)3/h11-15,17-18,22,31H,5-10,16,19H2,1-4H3. The van der Waals surface area contributed by atoms with E-state index < -0.39 is 16.1 Å². The zero-order chi connectivity index (χ0) is 26.1.